The number of carbonyl (C=O) groups excluding carboxylic acids is 1. The van der Waals surface area contributed by atoms with Gasteiger partial charge >= 0.3 is 10.3 Å². The lowest BCUT2D eigenvalue weighted by Crippen LogP contribution is -2.31. The SMILES string of the molecule is O=C(Cc1cccc(F)c1)N[C@@H](Cc1ccc(NS(=O)(=O)O)cc1)c1csc(C2=CCCS2)n1. The third kappa shape index (κ3) is 6.89. The van der Waals surface area contributed by atoms with Crippen molar-refractivity contribution in [3.8, 4) is 0 Å². The highest BCUT2D eigenvalue weighted by atomic mass is 32.2. The van der Waals surface area contributed by atoms with Gasteiger partial charge in [0.25, 0.3) is 0 Å². The zero-order valence-corrected chi connectivity index (χ0v) is 20.4. The van der Waals surface area contributed by atoms with Crippen molar-refractivity contribution in [3.05, 3.63) is 87.6 Å². The van der Waals surface area contributed by atoms with E-state index in [4.69, 9.17) is 9.54 Å². The van der Waals surface area contributed by atoms with Crippen LogP contribution in [-0.4, -0.2) is 29.6 Å². The molecular formula is C23H22FN3O4S3. The molecule has 0 unspecified atom stereocenters. The Hall–Kier alpha value is -2.73. The van der Waals surface area contributed by atoms with Crippen molar-refractivity contribution in [2.24, 2.45) is 0 Å². The van der Waals surface area contributed by atoms with Gasteiger partial charge in [-0.2, -0.15) is 8.42 Å². The molecule has 11 heteroatoms. The molecule has 1 aliphatic rings. The van der Waals surface area contributed by atoms with E-state index in [1.807, 2.05) is 10.1 Å². The first-order chi connectivity index (χ1) is 16.2. The number of thioether (sulfide) groups is 1. The van der Waals surface area contributed by atoms with Crippen molar-refractivity contribution in [2.75, 3.05) is 10.5 Å². The molecule has 2 aromatic carbocycles. The molecule has 0 spiro atoms. The highest BCUT2D eigenvalue weighted by molar-refractivity contribution is 8.08. The third-order valence-corrected chi connectivity index (χ3v) is 7.65. The molecule has 178 valence electrons. The number of anilines is 1. The number of aromatic nitrogens is 1. The fourth-order valence-electron chi connectivity index (χ4n) is 3.53. The number of allylic oxidation sites excluding steroid dienone is 1. The van der Waals surface area contributed by atoms with Crippen molar-refractivity contribution < 1.29 is 22.2 Å². The molecule has 34 heavy (non-hydrogen) atoms. The lowest BCUT2D eigenvalue weighted by atomic mass is 10.0. The molecule has 0 saturated carbocycles. The van der Waals surface area contributed by atoms with Crippen molar-refractivity contribution in [1.82, 2.24) is 10.3 Å². The Kier molecular flexibility index (Phi) is 7.67. The predicted molar refractivity (Wildman–Crippen MR) is 133 cm³/mol. The number of nitrogens with zero attached hydrogens (tertiary/aromatic N) is 1. The maximum absolute atomic E-state index is 13.5. The molecule has 1 aromatic heterocycles. The fourth-order valence-corrected chi connectivity index (χ4v) is 5.95. The minimum Gasteiger partial charge on any atom is -0.347 e. The van der Waals surface area contributed by atoms with Crippen LogP contribution in [0.25, 0.3) is 4.91 Å². The van der Waals surface area contributed by atoms with Crippen LogP contribution in [0, 0.1) is 5.82 Å². The number of rotatable bonds is 9. The van der Waals surface area contributed by atoms with E-state index in [2.05, 4.69) is 11.4 Å². The number of carbonyl (C=O) groups is 1. The molecule has 2 heterocycles. The fraction of sp³-hybridized carbons (Fsp3) is 0.217. The van der Waals surface area contributed by atoms with E-state index < -0.39 is 22.2 Å². The van der Waals surface area contributed by atoms with Crippen molar-refractivity contribution in [3.63, 3.8) is 0 Å². The number of benzene rings is 2. The van der Waals surface area contributed by atoms with Gasteiger partial charge in [0.15, 0.2) is 0 Å². The van der Waals surface area contributed by atoms with Crippen LogP contribution in [0.4, 0.5) is 10.1 Å². The topological polar surface area (TPSA) is 108 Å². The number of amides is 1. The molecule has 7 nitrogen and oxygen atoms in total. The summed E-state index contributed by atoms with van der Waals surface area (Å²) >= 11 is 3.28. The largest absolute Gasteiger partial charge is 0.357 e. The van der Waals surface area contributed by atoms with Gasteiger partial charge in [0.2, 0.25) is 5.91 Å². The molecular weight excluding hydrogens is 497 g/mol. The summed E-state index contributed by atoms with van der Waals surface area (Å²) in [4.78, 5) is 18.7. The van der Waals surface area contributed by atoms with E-state index in [-0.39, 0.29) is 18.0 Å². The van der Waals surface area contributed by atoms with Crippen molar-refractivity contribution >= 4 is 49.9 Å². The van der Waals surface area contributed by atoms with Gasteiger partial charge in [-0.3, -0.25) is 14.1 Å². The van der Waals surface area contributed by atoms with Gasteiger partial charge in [0.05, 0.1) is 23.8 Å². The summed E-state index contributed by atoms with van der Waals surface area (Å²) in [5.41, 5.74) is 2.35. The summed E-state index contributed by atoms with van der Waals surface area (Å²) in [6.45, 7) is 0. The molecule has 4 rings (SSSR count). The average Bonchev–Trinajstić information content (AvgIpc) is 3.46. The van der Waals surface area contributed by atoms with Crippen LogP contribution in [-0.2, 0) is 27.9 Å². The number of thiazole rings is 1. The summed E-state index contributed by atoms with van der Waals surface area (Å²) < 4.78 is 46.5. The molecule has 0 fully saturated rings. The van der Waals surface area contributed by atoms with Gasteiger partial charge in [-0.1, -0.05) is 30.3 Å². The first-order valence-corrected chi connectivity index (χ1v) is 13.7. The van der Waals surface area contributed by atoms with Crippen LogP contribution < -0.4 is 10.0 Å². The Morgan fingerprint density at radius 2 is 1.97 bits per heavy atom. The smallest absolute Gasteiger partial charge is 0.347 e. The average molecular weight is 520 g/mol. The van der Waals surface area contributed by atoms with Crippen LogP contribution in [0.3, 0.4) is 0 Å². The lowest BCUT2D eigenvalue weighted by Gasteiger charge is -2.18. The Morgan fingerprint density at radius 3 is 2.65 bits per heavy atom. The Morgan fingerprint density at radius 1 is 1.18 bits per heavy atom. The molecule has 1 atom stereocenters. The molecule has 0 saturated heterocycles. The normalized spacial score (nSPS) is 14.5. The van der Waals surface area contributed by atoms with Crippen molar-refractivity contribution in [1.29, 1.82) is 0 Å². The van der Waals surface area contributed by atoms with Crippen molar-refractivity contribution in [2.45, 2.75) is 25.3 Å². The van der Waals surface area contributed by atoms with Gasteiger partial charge in [-0.15, -0.1) is 23.1 Å². The van der Waals surface area contributed by atoms with Gasteiger partial charge in [-0.25, -0.2) is 9.37 Å². The van der Waals surface area contributed by atoms with E-state index in [9.17, 15) is 17.6 Å². The van der Waals surface area contributed by atoms with Gasteiger partial charge in [0.1, 0.15) is 10.8 Å². The maximum atomic E-state index is 13.5. The number of halogens is 1. The van der Waals surface area contributed by atoms with Gasteiger partial charge in [0, 0.05) is 16.0 Å². The molecule has 1 aliphatic heterocycles. The third-order valence-electron chi connectivity index (χ3n) is 5.02. The van der Waals surface area contributed by atoms with Crippen LogP contribution in [0.2, 0.25) is 0 Å². The van der Waals surface area contributed by atoms with Crippen LogP contribution in [0.1, 0.15) is 34.3 Å². The molecule has 1 amide bonds. The second-order valence-electron chi connectivity index (χ2n) is 7.69. The Labute approximate surface area is 205 Å². The van der Waals surface area contributed by atoms with E-state index in [0.717, 1.165) is 33.3 Å². The molecule has 0 aliphatic carbocycles. The minimum atomic E-state index is -4.36. The minimum absolute atomic E-state index is 0.0312. The zero-order chi connectivity index (χ0) is 24.1. The lowest BCUT2D eigenvalue weighted by molar-refractivity contribution is -0.121. The van der Waals surface area contributed by atoms with E-state index >= 15 is 0 Å². The highest BCUT2D eigenvalue weighted by Gasteiger charge is 2.21. The summed E-state index contributed by atoms with van der Waals surface area (Å²) in [6, 6.07) is 12.0. The summed E-state index contributed by atoms with van der Waals surface area (Å²) in [7, 11) is -4.36. The quantitative estimate of drug-likeness (QED) is 0.356. The monoisotopic (exact) mass is 519 g/mol. The number of hydrogen-bond donors (Lipinski definition) is 3. The molecule has 0 radical (unpaired) electrons. The maximum Gasteiger partial charge on any atom is 0.357 e. The number of hydrogen-bond acceptors (Lipinski definition) is 6. The summed E-state index contributed by atoms with van der Waals surface area (Å²) in [6.07, 6.45) is 3.61. The van der Waals surface area contributed by atoms with Gasteiger partial charge < -0.3 is 5.32 Å². The predicted octanol–water partition coefficient (Wildman–Crippen LogP) is 4.62. The molecule has 0 bridgehead atoms. The first-order valence-electron chi connectivity index (χ1n) is 10.4. The zero-order valence-electron chi connectivity index (χ0n) is 17.9. The van der Waals surface area contributed by atoms with E-state index in [0.29, 0.717) is 12.0 Å². The summed E-state index contributed by atoms with van der Waals surface area (Å²) in [5, 5.41) is 5.85. The van der Waals surface area contributed by atoms with Crippen LogP contribution >= 0.6 is 23.1 Å². The number of nitrogens with one attached hydrogen (secondary N) is 2. The standard InChI is InChI=1S/C23H22FN3O4S3/c24-17-4-1-3-16(11-17)13-22(28)25-19(20-14-33-23(26-20)21-5-2-10-32-21)12-15-6-8-18(9-7-15)27-34(29,30)31/h1,3-9,11,14,19,27H,2,10,12-13H2,(H,25,28)(H,29,30,31)/t19-/m0/s1. The Bertz CT molecular complexity index is 1310. The second-order valence-corrected chi connectivity index (χ2v) is 10.8. The second kappa shape index (κ2) is 10.7. The molecule has 3 N–H and O–H groups in total. The summed E-state index contributed by atoms with van der Waals surface area (Å²) in [5.74, 6) is 0.373. The first kappa shape index (κ1) is 24.4. The molecule has 3 aromatic rings. The van der Waals surface area contributed by atoms with Gasteiger partial charge in [-0.05, 0) is 48.2 Å². The van der Waals surface area contributed by atoms with Crippen LogP contribution in [0.15, 0.2) is 60.0 Å². The Balaban J connectivity index is 1.53. The van der Waals surface area contributed by atoms with Crippen LogP contribution in [0.5, 0.6) is 0 Å². The highest BCUT2D eigenvalue weighted by Crippen LogP contribution is 2.36. The van der Waals surface area contributed by atoms with E-state index in [1.54, 1.807) is 36.0 Å². The van der Waals surface area contributed by atoms with E-state index in [1.165, 1.54) is 35.6 Å².